The van der Waals surface area contributed by atoms with Crippen molar-refractivity contribution >= 4 is 11.9 Å². The average Bonchev–Trinajstić information content (AvgIpc) is 2.48. The van der Waals surface area contributed by atoms with Crippen molar-refractivity contribution in [1.29, 1.82) is 0 Å². The Morgan fingerprint density at radius 2 is 1.52 bits per heavy atom. The highest BCUT2D eigenvalue weighted by molar-refractivity contribution is 6.00. The normalized spacial score (nSPS) is 24.3. The van der Waals surface area contributed by atoms with Crippen LogP contribution in [0.1, 0.15) is 54.4 Å². The highest BCUT2D eigenvalue weighted by Crippen LogP contribution is 2.38. The lowest BCUT2D eigenvalue weighted by molar-refractivity contribution is -0.150. The van der Waals surface area contributed by atoms with Crippen LogP contribution in [0.4, 0.5) is 4.79 Å². The zero-order valence-electron chi connectivity index (χ0n) is 15.2. The lowest BCUT2D eigenvalue weighted by atomic mass is 9.74. The fourth-order valence-corrected chi connectivity index (χ4v) is 3.47. The molecule has 1 saturated heterocycles. The summed E-state index contributed by atoms with van der Waals surface area (Å²) in [6.07, 6.45) is -0.335. The molecule has 0 aromatic carbocycles. The summed E-state index contributed by atoms with van der Waals surface area (Å²) < 4.78 is 0. The molecule has 1 heterocycles. The van der Waals surface area contributed by atoms with E-state index in [0.717, 1.165) is 4.90 Å². The number of imide groups is 1. The van der Waals surface area contributed by atoms with Crippen LogP contribution < -0.4 is 0 Å². The van der Waals surface area contributed by atoms with Crippen molar-refractivity contribution < 1.29 is 19.8 Å². The molecule has 0 spiro atoms. The van der Waals surface area contributed by atoms with Gasteiger partial charge in [-0.3, -0.25) is 9.69 Å². The Labute approximate surface area is 139 Å². The number of aliphatic hydroxyl groups is 2. The van der Waals surface area contributed by atoms with Gasteiger partial charge in [0, 0.05) is 12.6 Å². The Kier molecular flexibility index (Phi) is 6.59. The van der Waals surface area contributed by atoms with E-state index in [1.165, 1.54) is 0 Å². The standard InChI is InChI=1S/C17H32N2O4/c1-7-12(20)9-18-14(11(3)4)17(5,6)15(22)19(16(18)23)10-13(21)8-2/h11-14,20-21H,7-10H2,1-6H3. The maximum absolute atomic E-state index is 12.9. The SMILES string of the molecule is CCC(O)CN1C(=O)N(CC(O)CC)C(C(C)C)C(C)(C)C1=O. The summed E-state index contributed by atoms with van der Waals surface area (Å²) in [6, 6.07) is -0.688. The average molecular weight is 328 g/mol. The summed E-state index contributed by atoms with van der Waals surface area (Å²) >= 11 is 0. The zero-order valence-corrected chi connectivity index (χ0v) is 15.2. The van der Waals surface area contributed by atoms with Gasteiger partial charge in [-0.2, -0.15) is 0 Å². The van der Waals surface area contributed by atoms with Crippen LogP contribution in [0.5, 0.6) is 0 Å². The summed E-state index contributed by atoms with van der Waals surface area (Å²) in [5, 5.41) is 19.9. The van der Waals surface area contributed by atoms with Crippen LogP contribution >= 0.6 is 0 Å². The van der Waals surface area contributed by atoms with Gasteiger partial charge in [-0.05, 0) is 32.6 Å². The molecule has 6 nitrogen and oxygen atoms in total. The Morgan fingerprint density at radius 3 is 1.96 bits per heavy atom. The number of carbonyl (C=O) groups excluding carboxylic acids is 2. The fraction of sp³-hybridized carbons (Fsp3) is 0.882. The van der Waals surface area contributed by atoms with Gasteiger partial charge in [0.05, 0.1) is 24.2 Å². The first-order valence-electron chi connectivity index (χ1n) is 8.56. The molecule has 0 aromatic heterocycles. The van der Waals surface area contributed by atoms with Gasteiger partial charge in [-0.15, -0.1) is 0 Å². The van der Waals surface area contributed by atoms with Gasteiger partial charge in [-0.25, -0.2) is 4.79 Å². The Balaban J connectivity index is 3.21. The molecule has 3 amide bonds. The van der Waals surface area contributed by atoms with Gasteiger partial charge in [0.25, 0.3) is 0 Å². The highest BCUT2D eigenvalue weighted by Gasteiger charge is 2.52. The van der Waals surface area contributed by atoms with Crippen molar-refractivity contribution in [2.24, 2.45) is 11.3 Å². The molecule has 134 valence electrons. The van der Waals surface area contributed by atoms with Crippen molar-refractivity contribution in [3.05, 3.63) is 0 Å². The predicted octanol–water partition coefficient (Wildman–Crippen LogP) is 1.84. The Hall–Kier alpha value is -1.14. The van der Waals surface area contributed by atoms with Crippen LogP contribution in [0.2, 0.25) is 0 Å². The summed E-state index contributed by atoms with van der Waals surface area (Å²) in [4.78, 5) is 28.4. The van der Waals surface area contributed by atoms with E-state index < -0.39 is 23.7 Å². The first kappa shape index (κ1) is 19.9. The third-order valence-corrected chi connectivity index (χ3v) is 4.72. The maximum Gasteiger partial charge on any atom is 0.327 e. The molecule has 1 aliphatic rings. The number of carbonyl (C=O) groups is 2. The van der Waals surface area contributed by atoms with E-state index in [9.17, 15) is 19.8 Å². The molecular formula is C17H32N2O4. The van der Waals surface area contributed by atoms with Crippen molar-refractivity contribution in [2.75, 3.05) is 13.1 Å². The lowest BCUT2D eigenvalue weighted by Gasteiger charge is -2.51. The van der Waals surface area contributed by atoms with E-state index in [1.54, 1.807) is 4.90 Å². The zero-order chi connectivity index (χ0) is 17.9. The predicted molar refractivity (Wildman–Crippen MR) is 88.8 cm³/mol. The lowest BCUT2D eigenvalue weighted by Crippen LogP contribution is -2.68. The van der Waals surface area contributed by atoms with Crippen molar-refractivity contribution in [3.63, 3.8) is 0 Å². The van der Waals surface area contributed by atoms with E-state index in [4.69, 9.17) is 0 Å². The number of rotatable bonds is 7. The molecule has 1 rings (SSSR count). The Bertz CT molecular complexity index is 436. The number of amides is 3. The van der Waals surface area contributed by atoms with E-state index in [2.05, 4.69) is 0 Å². The van der Waals surface area contributed by atoms with Crippen molar-refractivity contribution in [2.45, 2.75) is 72.6 Å². The maximum atomic E-state index is 12.9. The molecule has 2 N–H and O–H groups in total. The second-order valence-electron chi connectivity index (χ2n) is 7.39. The number of urea groups is 1. The topological polar surface area (TPSA) is 81.1 Å². The van der Waals surface area contributed by atoms with E-state index >= 15 is 0 Å². The number of β-amino-alcohol motifs (C(OH)–C–C–N with tert-alkyl or cyclic N) is 2. The number of aliphatic hydroxyl groups excluding tert-OH is 2. The van der Waals surface area contributed by atoms with Gasteiger partial charge in [0.15, 0.2) is 0 Å². The third-order valence-electron chi connectivity index (χ3n) is 4.72. The van der Waals surface area contributed by atoms with Gasteiger partial charge in [0.1, 0.15) is 0 Å². The van der Waals surface area contributed by atoms with Crippen LogP contribution in [0.25, 0.3) is 0 Å². The third kappa shape index (κ3) is 4.04. The molecule has 0 radical (unpaired) electrons. The second kappa shape index (κ2) is 7.62. The van der Waals surface area contributed by atoms with Crippen LogP contribution in [0, 0.1) is 11.3 Å². The number of hydrogen-bond acceptors (Lipinski definition) is 4. The van der Waals surface area contributed by atoms with E-state index in [1.807, 2.05) is 41.5 Å². The number of hydrogen-bond donors (Lipinski definition) is 2. The second-order valence-corrected chi connectivity index (χ2v) is 7.39. The van der Waals surface area contributed by atoms with E-state index in [-0.39, 0.29) is 31.0 Å². The molecule has 0 aromatic rings. The molecule has 3 unspecified atom stereocenters. The first-order chi connectivity index (χ1) is 10.6. The van der Waals surface area contributed by atoms with Gasteiger partial charge in [0.2, 0.25) is 5.91 Å². The monoisotopic (exact) mass is 328 g/mol. The van der Waals surface area contributed by atoms with Crippen LogP contribution in [-0.2, 0) is 4.79 Å². The van der Waals surface area contributed by atoms with Gasteiger partial charge >= 0.3 is 6.03 Å². The molecule has 0 saturated carbocycles. The molecule has 23 heavy (non-hydrogen) atoms. The van der Waals surface area contributed by atoms with Crippen LogP contribution in [-0.4, -0.2) is 63.3 Å². The molecule has 1 aliphatic heterocycles. The molecule has 0 aliphatic carbocycles. The molecular weight excluding hydrogens is 296 g/mol. The smallest absolute Gasteiger partial charge is 0.327 e. The quantitative estimate of drug-likeness (QED) is 0.747. The molecule has 1 fully saturated rings. The van der Waals surface area contributed by atoms with Crippen molar-refractivity contribution in [1.82, 2.24) is 9.80 Å². The minimum absolute atomic E-state index is 0.00112. The van der Waals surface area contributed by atoms with Gasteiger partial charge < -0.3 is 15.1 Å². The summed E-state index contributed by atoms with van der Waals surface area (Å²) in [7, 11) is 0. The summed E-state index contributed by atoms with van der Waals surface area (Å²) in [5.74, 6) is -0.170. The minimum Gasteiger partial charge on any atom is -0.391 e. The first-order valence-corrected chi connectivity index (χ1v) is 8.56. The van der Waals surface area contributed by atoms with Gasteiger partial charge in [-0.1, -0.05) is 27.7 Å². The van der Waals surface area contributed by atoms with Crippen molar-refractivity contribution in [3.8, 4) is 0 Å². The number of nitrogens with zero attached hydrogens (tertiary/aromatic N) is 2. The molecule has 6 heteroatoms. The van der Waals surface area contributed by atoms with E-state index in [0.29, 0.717) is 12.8 Å². The fourth-order valence-electron chi connectivity index (χ4n) is 3.47. The minimum atomic E-state index is -0.761. The molecule has 3 atom stereocenters. The van der Waals surface area contributed by atoms with Crippen LogP contribution in [0.15, 0.2) is 0 Å². The highest BCUT2D eigenvalue weighted by atomic mass is 16.3. The van der Waals surface area contributed by atoms with Crippen LogP contribution in [0.3, 0.4) is 0 Å². The molecule has 0 bridgehead atoms. The summed E-state index contributed by atoms with van der Waals surface area (Å²) in [6.45, 7) is 11.5. The summed E-state index contributed by atoms with van der Waals surface area (Å²) in [5.41, 5.74) is -0.761. The largest absolute Gasteiger partial charge is 0.391 e. The Morgan fingerprint density at radius 1 is 1.04 bits per heavy atom.